The third-order valence-electron chi connectivity index (χ3n) is 2.49. The van der Waals surface area contributed by atoms with Gasteiger partial charge in [0.25, 0.3) is 5.91 Å². The molecule has 0 fully saturated rings. The molecule has 0 heterocycles. The topological polar surface area (TPSA) is 49.3 Å². The number of nitrogens with one attached hydrogen (secondary N) is 1. The number of aromatic hydroxyl groups is 1. The van der Waals surface area contributed by atoms with Crippen molar-refractivity contribution >= 4 is 23.2 Å². The van der Waals surface area contributed by atoms with Gasteiger partial charge in [-0.1, -0.05) is 11.6 Å². The second-order valence-electron chi connectivity index (χ2n) is 3.84. The Hall–Kier alpha value is -2.21. The van der Waals surface area contributed by atoms with Gasteiger partial charge >= 0.3 is 0 Å². The third-order valence-corrected chi connectivity index (χ3v) is 2.72. The van der Waals surface area contributed by atoms with Crippen LogP contribution >= 0.6 is 11.6 Å². The predicted octanol–water partition coefficient (Wildman–Crippen LogP) is 3.72. The molecule has 2 aromatic rings. The molecule has 0 bridgehead atoms. The molecule has 0 radical (unpaired) electrons. The number of phenolic OH excluding ortho intramolecular Hbond substituents is 1. The van der Waals surface area contributed by atoms with Gasteiger partial charge in [-0.2, -0.15) is 0 Å². The summed E-state index contributed by atoms with van der Waals surface area (Å²) in [6.07, 6.45) is 0. The Kier molecular flexibility index (Phi) is 3.85. The lowest BCUT2D eigenvalue weighted by atomic mass is 10.1. The number of halogens is 4. The van der Waals surface area contributed by atoms with Crippen molar-refractivity contribution in [1.29, 1.82) is 0 Å². The minimum absolute atomic E-state index is 0.0772. The largest absolute Gasteiger partial charge is 0.506 e. The van der Waals surface area contributed by atoms with Crippen LogP contribution in [0.4, 0.5) is 18.9 Å². The van der Waals surface area contributed by atoms with E-state index < -0.39 is 28.9 Å². The first-order valence-electron chi connectivity index (χ1n) is 5.33. The number of phenols is 1. The van der Waals surface area contributed by atoms with E-state index in [-0.39, 0.29) is 16.5 Å². The minimum atomic E-state index is -1.74. The van der Waals surface area contributed by atoms with Crippen LogP contribution in [0.3, 0.4) is 0 Å². The molecule has 0 saturated heterocycles. The summed E-state index contributed by atoms with van der Waals surface area (Å²) in [6.45, 7) is 0. The number of carbonyl (C=O) groups excluding carboxylic acids is 1. The molecule has 0 aliphatic rings. The van der Waals surface area contributed by atoms with Crippen LogP contribution in [0.25, 0.3) is 0 Å². The molecule has 0 spiro atoms. The van der Waals surface area contributed by atoms with Crippen LogP contribution in [0, 0.1) is 17.5 Å². The van der Waals surface area contributed by atoms with Crippen molar-refractivity contribution in [3.8, 4) is 5.75 Å². The lowest BCUT2D eigenvalue weighted by molar-refractivity contribution is 0.102. The van der Waals surface area contributed by atoms with Crippen LogP contribution in [-0.4, -0.2) is 11.0 Å². The SMILES string of the molecule is O=C(Nc1cc(Cl)ccc1O)c1ccc(F)c(F)c1F. The highest BCUT2D eigenvalue weighted by molar-refractivity contribution is 6.31. The van der Waals surface area contributed by atoms with E-state index in [4.69, 9.17) is 11.6 Å². The molecule has 20 heavy (non-hydrogen) atoms. The van der Waals surface area contributed by atoms with E-state index in [1.807, 2.05) is 0 Å². The van der Waals surface area contributed by atoms with Gasteiger partial charge in [0.1, 0.15) is 5.75 Å². The summed E-state index contributed by atoms with van der Waals surface area (Å²) in [7, 11) is 0. The monoisotopic (exact) mass is 301 g/mol. The third kappa shape index (κ3) is 2.70. The number of benzene rings is 2. The molecule has 2 rings (SSSR count). The van der Waals surface area contributed by atoms with Crippen molar-refractivity contribution in [3.63, 3.8) is 0 Å². The van der Waals surface area contributed by atoms with Crippen molar-refractivity contribution in [1.82, 2.24) is 0 Å². The molecule has 1 amide bonds. The molecule has 0 aliphatic heterocycles. The number of hydrogen-bond acceptors (Lipinski definition) is 2. The Morgan fingerprint density at radius 1 is 1.10 bits per heavy atom. The summed E-state index contributed by atoms with van der Waals surface area (Å²) in [6, 6.07) is 5.26. The fourth-order valence-corrected chi connectivity index (χ4v) is 1.67. The van der Waals surface area contributed by atoms with E-state index in [2.05, 4.69) is 5.32 Å². The first-order chi connectivity index (χ1) is 9.40. The molecule has 0 aromatic heterocycles. The van der Waals surface area contributed by atoms with Crippen LogP contribution in [0.1, 0.15) is 10.4 Å². The summed E-state index contributed by atoms with van der Waals surface area (Å²) in [5.74, 6) is -6.09. The number of amides is 1. The predicted molar refractivity (Wildman–Crippen MR) is 67.4 cm³/mol. The molecule has 0 saturated carbocycles. The standard InChI is InChI=1S/C13H7ClF3NO2/c14-6-1-4-10(19)9(5-6)18-13(20)7-2-3-8(15)12(17)11(7)16/h1-5,19H,(H,18,20). The van der Waals surface area contributed by atoms with Crippen LogP contribution < -0.4 is 5.32 Å². The summed E-state index contributed by atoms with van der Waals surface area (Å²) in [5, 5.41) is 11.9. The molecular formula is C13H7ClF3NO2. The molecule has 0 atom stereocenters. The summed E-state index contributed by atoms with van der Waals surface area (Å²) in [5.41, 5.74) is -0.769. The van der Waals surface area contributed by atoms with Gasteiger partial charge in [0.2, 0.25) is 0 Å². The second-order valence-corrected chi connectivity index (χ2v) is 4.27. The summed E-state index contributed by atoms with van der Waals surface area (Å²) >= 11 is 5.68. The number of carbonyl (C=O) groups is 1. The second kappa shape index (κ2) is 5.42. The highest BCUT2D eigenvalue weighted by Gasteiger charge is 2.19. The van der Waals surface area contributed by atoms with E-state index in [0.29, 0.717) is 6.07 Å². The summed E-state index contributed by atoms with van der Waals surface area (Å²) in [4.78, 5) is 11.8. The van der Waals surface area contributed by atoms with E-state index in [1.54, 1.807) is 0 Å². The number of anilines is 1. The molecular weight excluding hydrogens is 295 g/mol. The highest BCUT2D eigenvalue weighted by Crippen LogP contribution is 2.27. The van der Waals surface area contributed by atoms with Gasteiger partial charge in [-0.15, -0.1) is 0 Å². The van der Waals surface area contributed by atoms with Crippen molar-refractivity contribution in [2.24, 2.45) is 0 Å². The van der Waals surface area contributed by atoms with Crippen LogP contribution in [0.5, 0.6) is 5.75 Å². The van der Waals surface area contributed by atoms with Gasteiger partial charge in [-0.25, -0.2) is 13.2 Å². The first kappa shape index (κ1) is 14.2. The summed E-state index contributed by atoms with van der Waals surface area (Å²) < 4.78 is 39.2. The lowest BCUT2D eigenvalue weighted by Gasteiger charge is -2.08. The zero-order chi connectivity index (χ0) is 14.9. The van der Waals surface area contributed by atoms with E-state index in [0.717, 1.165) is 6.07 Å². The van der Waals surface area contributed by atoms with Gasteiger partial charge in [0, 0.05) is 5.02 Å². The van der Waals surface area contributed by atoms with Crippen molar-refractivity contribution < 1.29 is 23.1 Å². The average molecular weight is 302 g/mol. The molecule has 2 N–H and O–H groups in total. The Bertz CT molecular complexity index is 692. The molecule has 0 unspecified atom stereocenters. The van der Waals surface area contributed by atoms with Gasteiger partial charge in [0.05, 0.1) is 11.3 Å². The molecule has 2 aromatic carbocycles. The van der Waals surface area contributed by atoms with Crippen LogP contribution in [0.15, 0.2) is 30.3 Å². The minimum Gasteiger partial charge on any atom is -0.506 e. The Labute approximate surface area is 116 Å². The maximum absolute atomic E-state index is 13.4. The van der Waals surface area contributed by atoms with E-state index in [1.165, 1.54) is 18.2 Å². The molecule has 104 valence electrons. The fourth-order valence-electron chi connectivity index (χ4n) is 1.50. The van der Waals surface area contributed by atoms with Crippen molar-refractivity contribution in [3.05, 3.63) is 58.4 Å². The fraction of sp³-hybridized carbons (Fsp3) is 0. The van der Waals surface area contributed by atoms with Crippen LogP contribution in [0.2, 0.25) is 5.02 Å². The highest BCUT2D eigenvalue weighted by atomic mass is 35.5. The lowest BCUT2D eigenvalue weighted by Crippen LogP contribution is -2.15. The Morgan fingerprint density at radius 3 is 2.50 bits per heavy atom. The quantitative estimate of drug-likeness (QED) is 0.656. The van der Waals surface area contributed by atoms with Crippen LogP contribution in [-0.2, 0) is 0 Å². The van der Waals surface area contributed by atoms with Crippen molar-refractivity contribution in [2.75, 3.05) is 5.32 Å². The van der Waals surface area contributed by atoms with E-state index in [9.17, 15) is 23.1 Å². The van der Waals surface area contributed by atoms with Gasteiger partial charge < -0.3 is 10.4 Å². The zero-order valence-electron chi connectivity index (χ0n) is 9.75. The van der Waals surface area contributed by atoms with Gasteiger partial charge in [-0.05, 0) is 30.3 Å². The van der Waals surface area contributed by atoms with Crippen molar-refractivity contribution in [2.45, 2.75) is 0 Å². The van der Waals surface area contributed by atoms with E-state index >= 15 is 0 Å². The first-order valence-corrected chi connectivity index (χ1v) is 5.71. The maximum Gasteiger partial charge on any atom is 0.258 e. The zero-order valence-corrected chi connectivity index (χ0v) is 10.5. The average Bonchev–Trinajstić information content (AvgIpc) is 2.40. The smallest absolute Gasteiger partial charge is 0.258 e. The Balaban J connectivity index is 2.33. The van der Waals surface area contributed by atoms with Gasteiger partial charge in [0.15, 0.2) is 17.5 Å². The number of rotatable bonds is 2. The molecule has 3 nitrogen and oxygen atoms in total. The maximum atomic E-state index is 13.4. The van der Waals surface area contributed by atoms with Gasteiger partial charge in [-0.3, -0.25) is 4.79 Å². The normalized spacial score (nSPS) is 10.4. The molecule has 0 aliphatic carbocycles. The molecule has 7 heteroatoms. The Morgan fingerprint density at radius 2 is 1.80 bits per heavy atom. The number of hydrogen-bond donors (Lipinski definition) is 2.